The molecule has 2 N–H and O–H groups in total. The van der Waals surface area contributed by atoms with E-state index >= 15 is 0 Å². The van der Waals surface area contributed by atoms with E-state index in [9.17, 15) is 13.2 Å². The molecule has 0 aromatic carbocycles. The zero-order chi connectivity index (χ0) is 12.3. The van der Waals surface area contributed by atoms with Crippen LogP contribution in [0.2, 0.25) is 0 Å². The second kappa shape index (κ2) is 5.14. The lowest BCUT2D eigenvalue weighted by Crippen LogP contribution is -2.53. The van der Waals surface area contributed by atoms with Crippen LogP contribution < -0.4 is 10.0 Å². The van der Waals surface area contributed by atoms with Crippen LogP contribution >= 0.6 is 0 Å². The van der Waals surface area contributed by atoms with Crippen LogP contribution in [0.4, 0.5) is 0 Å². The third-order valence-electron chi connectivity index (χ3n) is 2.92. The van der Waals surface area contributed by atoms with Gasteiger partial charge in [0.05, 0.1) is 11.3 Å². The molecular weight excluding hydrogens is 228 g/mol. The van der Waals surface area contributed by atoms with Crippen LogP contribution in [0.5, 0.6) is 0 Å². The minimum absolute atomic E-state index is 0.177. The van der Waals surface area contributed by atoms with Crippen LogP contribution in [0.15, 0.2) is 0 Å². The Hall–Kier alpha value is -0.620. The summed E-state index contributed by atoms with van der Waals surface area (Å²) in [5, 5.41) is 2.47. The van der Waals surface area contributed by atoms with Gasteiger partial charge < -0.3 is 5.32 Å². The van der Waals surface area contributed by atoms with Crippen LogP contribution in [0.1, 0.15) is 33.6 Å². The minimum atomic E-state index is -3.51. The second-order valence-electron chi connectivity index (χ2n) is 4.61. The van der Waals surface area contributed by atoms with Gasteiger partial charge in [-0.1, -0.05) is 6.92 Å². The molecule has 1 heterocycles. The maximum atomic E-state index is 11.8. The SMILES string of the molecule is CC1CCCNC1C(=O)NS(=O)(=O)C(C)C. The third-order valence-corrected chi connectivity index (χ3v) is 4.64. The Morgan fingerprint density at radius 3 is 2.56 bits per heavy atom. The number of rotatable bonds is 3. The normalized spacial score (nSPS) is 26.8. The molecule has 5 nitrogen and oxygen atoms in total. The summed E-state index contributed by atoms with van der Waals surface area (Å²) in [6, 6.07) is -0.387. The summed E-state index contributed by atoms with van der Waals surface area (Å²) in [5.41, 5.74) is 0. The average Bonchev–Trinajstić information content (AvgIpc) is 2.17. The zero-order valence-electron chi connectivity index (χ0n) is 9.99. The van der Waals surface area contributed by atoms with E-state index in [0.29, 0.717) is 0 Å². The molecule has 1 aliphatic rings. The van der Waals surface area contributed by atoms with Crippen LogP contribution in [0.25, 0.3) is 0 Å². The Balaban J connectivity index is 2.65. The Morgan fingerprint density at radius 1 is 1.44 bits per heavy atom. The quantitative estimate of drug-likeness (QED) is 0.749. The lowest BCUT2D eigenvalue weighted by Gasteiger charge is -2.29. The van der Waals surface area contributed by atoms with Gasteiger partial charge in [-0.2, -0.15) is 0 Å². The van der Waals surface area contributed by atoms with E-state index in [1.807, 2.05) is 6.92 Å². The second-order valence-corrected chi connectivity index (χ2v) is 6.85. The van der Waals surface area contributed by atoms with Crippen molar-refractivity contribution in [3.05, 3.63) is 0 Å². The lowest BCUT2D eigenvalue weighted by atomic mass is 9.92. The van der Waals surface area contributed by atoms with Crippen molar-refractivity contribution in [3.63, 3.8) is 0 Å². The molecule has 1 saturated heterocycles. The van der Waals surface area contributed by atoms with Crippen LogP contribution in [-0.4, -0.2) is 32.2 Å². The van der Waals surface area contributed by atoms with Crippen molar-refractivity contribution in [2.45, 2.75) is 44.9 Å². The number of carbonyl (C=O) groups is 1. The fourth-order valence-electron chi connectivity index (χ4n) is 1.72. The molecule has 6 heteroatoms. The highest BCUT2D eigenvalue weighted by atomic mass is 32.2. The van der Waals surface area contributed by atoms with Gasteiger partial charge in [-0.05, 0) is 39.2 Å². The zero-order valence-corrected chi connectivity index (χ0v) is 10.8. The van der Waals surface area contributed by atoms with E-state index in [1.54, 1.807) is 13.8 Å². The molecule has 0 spiro atoms. The van der Waals surface area contributed by atoms with E-state index < -0.39 is 21.2 Å². The predicted molar refractivity (Wildman–Crippen MR) is 62.4 cm³/mol. The Labute approximate surface area is 97.0 Å². The van der Waals surface area contributed by atoms with Crippen molar-refractivity contribution in [1.82, 2.24) is 10.0 Å². The molecular formula is C10H20N2O3S. The summed E-state index contributed by atoms with van der Waals surface area (Å²) >= 11 is 0. The lowest BCUT2D eigenvalue weighted by molar-refractivity contribution is -0.123. The maximum absolute atomic E-state index is 11.8. The number of hydrogen-bond acceptors (Lipinski definition) is 4. The van der Waals surface area contributed by atoms with Crippen molar-refractivity contribution in [2.24, 2.45) is 5.92 Å². The van der Waals surface area contributed by atoms with Crippen molar-refractivity contribution in [2.75, 3.05) is 6.54 Å². The Kier molecular flexibility index (Phi) is 4.32. The minimum Gasteiger partial charge on any atom is -0.306 e. The first-order valence-electron chi connectivity index (χ1n) is 5.63. The van der Waals surface area contributed by atoms with E-state index in [1.165, 1.54) is 0 Å². The largest absolute Gasteiger partial charge is 0.306 e. The molecule has 1 amide bonds. The summed E-state index contributed by atoms with van der Waals surface area (Å²) < 4.78 is 25.2. The third kappa shape index (κ3) is 3.18. The molecule has 0 aliphatic carbocycles. The molecule has 1 fully saturated rings. The van der Waals surface area contributed by atoms with Gasteiger partial charge in [0, 0.05) is 0 Å². The molecule has 1 rings (SSSR count). The molecule has 0 aromatic heterocycles. The van der Waals surface area contributed by atoms with Gasteiger partial charge in [0.2, 0.25) is 10.0 Å². The first kappa shape index (κ1) is 13.4. The summed E-state index contributed by atoms with van der Waals surface area (Å²) in [5.74, 6) is -0.253. The van der Waals surface area contributed by atoms with Gasteiger partial charge in [-0.15, -0.1) is 0 Å². The highest BCUT2D eigenvalue weighted by Gasteiger charge is 2.30. The van der Waals surface area contributed by atoms with Crippen LogP contribution in [0, 0.1) is 5.92 Å². The predicted octanol–water partition coefficient (Wildman–Crippen LogP) is 0.229. The van der Waals surface area contributed by atoms with Gasteiger partial charge in [0.1, 0.15) is 0 Å². The number of nitrogens with one attached hydrogen (secondary N) is 2. The summed E-state index contributed by atoms with van der Waals surface area (Å²) in [6.45, 7) is 5.82. The van der Waals surface area contributed by atoms with Gasteiger partial charge in [-0.3, -0.25) is 9.52 Å². The summed E-state index contributed by atoms with van der Waals surface area (Å²) in [6.07, 6.45) is 1.98. The van der Waals surface area contributed by atoms with E-state index in [2.05, 4.69) is 10.0 Å². The monoisotopic (exact) mass is 248 g/mol. The van der Waals surface area contributed by atoms with E-state index in [-0.39, 0.29) is 12.0 Å². The summed E-state index contributed by atoms with van der Waals surface area (Å²) in [4.78, 5) is 11.8. The first-order chi connectivity index (χ1) is 7.34. The maximum Gasteiger partial charge on any atom is 0.250 e. The molecule has 16 heavy (non-hydrogen) atoms. The highest BCUT2D eigenvalue weighted by Crippen LogP contribution is 2.15. The van der Waals surface area contributed by atoms with Crippen molar-refractivity contribution < 1.29 is 13.2 Å². The molecule has 94 valence electrons. The fourth-order valence-corrected chi connectivity index (χ4v) is 2.37. The van der Waals surface area contributed by atoms with Gasteiger partial charge in [0.25, 0.3) is 5.91 Å². The van der Waals surface area contributed by atoms with Gasteiger partial charge >= 0.3 is 0 Å². The van der Waals surface area contributed by atoms with E-state index in [0.717, 1.165) is 19.4 Å². The number of sulfonamides is 1. The molecule has 0 aromatic rings. The first-order valence-corrected chi connectivity index (χ1v) is 7.18. The summed E-state index contributed by atoms with van der Waals surface area (Å²) in [7, 11) is -3.51. The molecule has 2 unspecified atom stereocenters. The van der Waals surface area contributed by atoms with Gasteiger partial charge in [0.15, 0.2) is 0 Å². The average molecular weight is 248 g/mol. The van der Waals surface area contributed by atoms with Crippen LogP contribution in [-0.2, 0) is 14.8 Å². The van der Waals surface area contributed by atoms with Gasteiger partial charge in [-0.25, -0.2) is 8.42 Å². The highest BCUT2D eigenvalue weighted by molar-refractivity contribution is 7.90. The Bertz CT molecular complexity index is 351. The molecule has 2 atom stereocenters. The molecule has 0 radical (unpaired) electrons. The van der Waals surface area contributed by atoms with Crippen molar-refractivity contribution in [3.8, 4) is 0 Å². The molecule has 0 saturated carbocycles. The number of hydrogen-bond donors (Lipinski definition) is 2. The molecule has 0 bridgehead atoms. The van der Waals surface area contributed by atoms with Crippen molar-refractivity contribution in [1.29, 1.82) is 0 Å². The Morgan fingerprint density at radius 2 is 2.06 bits per heavy atom. The van der Waals surface area contributed by atoms with E-state index in [4.69, 9.17) is 0 Å². The van der Waals surface area contributed by atoms with Crippen LogP contribution in [0.3, 0.4) is 0 Å². The molecule has 1 aliphatic heterocycles. The number of carbonyl (C=O) groups excluding carboxylic acids is 1. The number of amides is 1. The van der Waals surface area contributed by atoms with Crippen molar-refractivity contribution >= 4 is 15.9 Å². The standard InChI is InChI=1S/C10H20N2O3S/c1-7(2)16(14,15)12-10(13)9-8(3)5-4-6-11-9/h7-9,11H,4-6H2,1-3H3,(H,12,13). The fraction of sp³-hybridized carbons (Fsp3) is 0.900. The topological polar surface area (TPSA) is 75.3 Å². The number of piperidine rings is 1. The smallest absolute Gasteiger partial charge is 0.250 e.